The van der Waals surface area contributed by atoms with Crippen LogP contribution in [0.3, 0.4) is 0 Å². The van der Waals surface area contributed by atoms with E-state index in [2.05, 4.69) is 5.32 Å². The molecule has 0 aliphatic heterocycles. The standard InChI is InChI=1S/C17H12N2O3S/c1-21-13-5-2-4-11(8-13)14-9-12(10-18)17(22-14)19-16(20)15-6-3-7-23-15/h2-9H,1H3,(H,19,20). The van der Waals surface area contributed by atoms with Gasteiger partial charge >= 0.3 is 0 Å². The maximum atomic E-state index is 12.1. The average molecular weight is 324 g/mol. The molecule has 0 saturated carbocycles. The van der Waals surface area contributed by atoms with Crippen LogP contribution in [0.5, 0.6) is 5.75 Å². The zero-order valence-corrected chi connectivity index (χ0v) is 13.0. The molecular formula is C17H12N2O3S. The van der Waals surface area contributed by atoms with Crippen LogP contribution in [0, 0.1) is 11.3 Å². The fraction of sp³-hybridized carbons (Fsp3) is 0.0588. The summed E-state index contributed by atoms with van der Waals surface area (Å²) in [6.45, 7) is 0. The van der Waals surface area contributed by atoms with Gasteiger partial charge in [-0.2, -0.15) is 5.26 Å². The third-order valence-electron chi connectivity index (χ3n) is 3.18. The van der Waals surface area contributed by atoms with E-state index in [9.17, 15) is 10.1 Å². The molecule has 2 aromatic heterocycles. The van der Waals surface area contributed by atoms with E-state index in [1.807, 2.05) is 29.6 Å². The molecule has 1 aromatic carbocycles. The molecule has 0 fully saturated rings. The van der Waals surface area contributed by atoms with Crippen molar-refractivity contribution in [1.82, 2.24) is 0 Å². The molecular weight excluding hydrogens is 312 g/mol. The molecule has 0 unspecified atom stereocenters. The van der Waals surface area contributed by atoms with Crippen LogP contribution in [-0.4, -0.2) is 13.0 Å². The molecule has 1 amide bonds. The molecule has 23 heavy (non-hydrogen) atoms. The van der Waals surface area contributed by atoms with Crippen LogP contribution in [0.2, 0.25) is 0 Å². The fourth-order valence-electron chi connectivity index (χ4n) is 2.06. The zero-order chi connectivity index (χ0) is 16.2. The molecule has 0 spiro atoms. The molecule has 0 radical (unpaired) electrons. The predicted molar refractivity (Wildman–Crippen MR) is 87.7 cm³/mol. The summed E-state index contributed by atoms with van der Waals surface area (Å²) < 4.78 is 10.8. The first kappa shape index (κ1) is 14.9. The molecule has 0 aliphatic rings. The zero-order valence-electron chi connectivity index (χ0n) is 12.2. The second-order valence-corrected chi connectivity index (χ2v) is 5.58. The number of thiophene rings is 1. The van der Waals surface area contributed by atoms with Gasteiger partial charge in [0.2, 0.25) is 5.88 Å². The minimum atomic E-state index is -0.303. The Labute approximate surface area is 136 Å². The van der Waals surface area contributed by atoms with Gasteiger partial charge in [-0.3, -0.25) is 10.1 Å². The number of anilines is 1. The van der Waals surface area contributed by atoms with Crippen LogP contribution >= 0.6 is 11.3 Å². The summed E-state index contributed by atoms with van der Waals surface area (Å²) in [6, 6.07) is 14.4. The van der Waals surface area contributed by atoms with Crippen molar-refractivity contribution >= 4 is 23.1 Å². The Morgan fingerprint density at radius 1 is 1.30 bits per heavy atom. The molecule has 1 N–H and O–H groups in total. The topological polar surface area (TPSA) is 75.3 Å². The van der Waals surface area contributed by atoms with Crippen molar-refractivity contribution in [2.24, 2.45) is 0 Å². The Morgan fingerprint density at radius 2 is 2.17 bits per heavy atom. The van der Waals surface area contributed by atoms with Gasteiger partial charge < -0.3 is 9.15 Å². The van der Waals surface area contributed by atoms with Gasteiger partial charge in [0.05, 0.1) is 12.0 Å². The van der Waals surface area contributed by atoms with Gasteiger partial charge in [0, 0.05) is 11.6 Å². The summed E-state index contributed by atoms with van der Waals surface area (Å²) in [7, 11) is 1.58. The van der Waals surface area contributed by atoms with Gasteiger partial charge in [-0.15, -0.1) is 11.3 Å². The Hall–Kier alpha value is -3.04. The lowest BCUT2D eigenvalue weighted by atomic mass is 10.1. The maximum absolute atomic E-state index is 12.1. The number of rotatable bonds is 4. The van der Waals surface area contributed by atoms with E-state index in [0.717, 1.165) is 5.56 Å². The summed E-state index contributed by atoms with van der Waals surface area (Å²) in [4.78, 5) is 12.6. The van der Waals surface area contributed by atoms with Crippen molar-refractivity contribution in [3.8, 4) is 23.1 Å². The second kappa shape index (κ2) is 6.38. The Kier molecular flexibility index (Phi) is 4.13. The van der Waals surface area contributed by atoms with Crippen molar-refractivity contribution in [2.75, 3.05) is 12.4 Å². The third-order valence-corrected chi connectivity index (χ3v) is 4.05. The number of carbonyl (C=O) groups excluding carboxylic acids is 1. The van der Waals surface area contributed by atoms with Crippen molar-refractivity contribution in [3.05, 3.63) is 58.3 Å². The molecule has 2 heterocycles. The lowest BCUT2D eigenvalue weighted by Gasteiger charge is -2.02. The smallest absolute Gasteiger partial charge is 0.268 e. The number of carbonyl (C=O) groups is 1. The van der Waals surface area contributed by atoms with Gasteiger partial charge in [0.15, 0.2) is 0 Å². The minimum Gasteiger partial charge on any atom is -0.497 e. The number of nitrogens with one attached hydrogen (secondary N) is 1. The van der Waals surface area contributed by atoms with Crippen LogP contribution in [0.1, 0.15) is 15.2 Å². The first-order chi connectivity index (χ1) is 11.2. The average Bonchev–Trinajstić information content (AvgIpc) is 3.24. The summed E-state index contributed by atoms with van der Waals surface area (Å²) in [5.74, 6) is 1.01. The van der Waals surface area contributed by atoms with Crippen LogP contribution in [0.4, 0.5) is 5.88 Å². The highest BCUT2D eigenvalue weighted by Crippen LogP contribution is 2.31. The van der Waals surface area contributed by atoms with E-state index in [0.29, 0.717) is 16.4 Å². The number of methoxy groups -OCH3 is 1. The number of furan rings is 1. The Morgan fingerprint density at radius 3 is 2.87 bits per heavy atom. The number of ether oxygens (including phenoxy) is 1. The number of amides is 1. The summed E-state index contributed by atoms with van der Waals surface area (Å²) in [6.07, 6.45) is 0. The number of nitriles is 1. The van der Waals surface area contributed by atoms with Crippen molar-refractivity contribution in [3.63, 3.8) is 0 Å². The molecule has 0 atom stereocenters. The van der Waals surface area contributed by atoms with Crippen molar-refractivity contribution < 1.29 is 13.9 Å². The second-order valence-electron chi connectivity index (χ2n) is 4.63. The lowest BCUT2D eigenvalue weighted by Crippen LogP contribution is -2.10. The number of hydrogen-bond donors (Lipinski definition) is 1. The number of hydrogen-bond acceptors (Lipinski definition) is 5. The fourth-order valence-corrected chi connectivity index (χ4v) is 2.68. The number of benzene rings is 1. The first-order valence-electron chi connectivity index (χ1n) is 6.74. The van der Waals surface area contributed by atoms with Gasteiger partial charge in [0.25, 0.3) is 5.91 Å². The first-order valence-corrected chi connectivity index (χ1v) is 7.62. The molecule has 6 heteroatoms. The van der Waals surface area contributed by atoms with Crippen LogP contribution < -0.4 is 10.1 Å². The van der Waals surface area contributed by atoms with Gasteiger partial charge in [-0.1, -0.05) is 18.2 Å². The molecule has 114 valence electrons. The molecule has 3 rings (SSSR count). The Balaban J connectivity index is 1.92. The predicted octanol–water partition coefficient (Wildman–Crippen LogP) is 4.14. The highest BCUT2D eigenvalue weighted by Gasteiger charge is 2.16. The third kappa shape index (κ3) is 3.10. The molecule has 0 saturated heterocycles. The largest absolute Gasteiger partial charge is 0.497 e. The molecule has 5 nitrogen and oxygen atoms in total. The minimum absolute atomic E-state index is 0.142. The van der Waals surface area contributed by atoms with E-state index in [4.69, 9.17) is 9.15 Å². The highest BCUT2D eigenvalue weighted by atomic mass is 32.1. The van der Waals surface area contributed by atoms with Crippen molar-refractivity contribution in [2.45, 2.75) is 0 Å². The summed E-state index contributed by atoms with van der Waals surface area (Å²) in [5.41, 5.74) is 1.03. The van der Waals surface area contributed by atoms with E-state index in [-0.39, 0.29) is 17.4 Å². The molecule has 3 aromatic rings. The summed E-state index contributed by atoms with van der Waals surface area (Å²) >= 11 is 1.32. The van der Waals surface area contributed by atoms with Crippen LogP contribution in [0.25, 0.3) is 11.3 Å². The van der Waals surface area contributed by atoms with Gasteiger partial charge in [-0.25, -0.2) is 0 Å². The van der Waals surface area contributed by atoms with Gasteiger partial charge in [0.1, 0.15) is 23.1 Å². The van der Waals surface area contributed by atoms with Crippen LogP contribution in [0.15, 0.2) is 52.3 Å². The number of nitrogens with zero attached hydrogens (tertiary/aromatic N) is 1. The normalized spacial score (nSPS) is 10.1. The Bertz CT molecular complexity index is 876. The van der Waals surface area contributed by atoms with Crippen molar-refractivity contribution in [1.29, 1.82) is 5.26 Å². The maximum Gasteiger partial charge on any atom is 0.268 e. The quantitative estimate of drug-likeness (QED) is 0.782. The monoisotopic (exact) mass is 324 g/mol. The van der Waals surface area contributed by atoms with Crippen LogP contribution in [-0.2, 0) is 0 Å². The summed E-state index contributed by atoms with van der Waals surface area (Å²) in [5, 5.41) is 13.7. The molecule has 0 bridgehead atoms. The SMILES string of the molecule is COc1cccc(-c2cc(C#N)c(NC(=O)c3cccs3)o2)c1. The molecule has 0 aliphatic carbocycles. The van der Waals surface area contributed by atoms with E-state index >= 15 is 0 Å². The van der Waals surface area contributed by atoms with E-state index < -0.39 is 0 Å². The van der Waals surface area contributed by atoms with E-state index in [1.54, 1.807) is 31.4 Å². The van der Waals surface area contributed by atoms with Gasteiger partial charge in [-0.05, 0) is 23.6 Å². The van der Waals surface area contributed by atoms with E-state index in [1.165, 1.54) is 11.3 Å². The lowest BCUT2D eigenvalue weighted by molar-refractivity contribution is 0.102. The highest BCUT2D eigenvalue weighted by molar-refractivity contribution is 7.12.